The van der Waals surface area contributed by atoms with Crippen molar-refractivity contribution in [2.24, 2.45) is 13.0 Å². The van der Waals surface area contributed by atoms with Gasteiger partial charge in [-0.25, -0.2) is 4.79 Å². The molecule has 8 nitrogen and oxygen atoms in total. The molecule has 2 aromatic rings. The molecule has 0 amide bonds. The van der Waals surface area contributed by atoms with Crippen LogP contribution in [-0.4, -0.2) is 74.3 Å². The summed E-state index contributed by atoms with van der Waals surface area (Å²) in [7, 11) is 6.72. The van der Waals surface area contributed by atoms with Gasteiger partial charge in [-0.2, -0.15) is 0 Å². The van der Waals surface area contributed by atoms with Crippen LogP contribution in [0.4, 0.5) is 0 Å². The van der Waals surface area contributed by atoms with Crippen molar-refractivity contribution in [2.45, 2.75) is 37.0 Å². The van der Waals surface area contributed by atoms with Gasteiger partial charge in [-0.05, 0) is 42.0 Å². The number of aromatic nitrogens is 1. The fourth-order valence-corrected chi connectivity index (χ4v) is 7.54. The highest BCUT2D eigenvalue weighted by Gasteiger charge is 2.67. The summed E-state index contributed by atoms with van der Waals surface area (Å²) in [5.41, 5.74) is 1.32. The first-order chi connectivity index (χ1) is 16.7. The Hall–Kier alpha value is -1.95. The molecule has 0 unspecified atom stereocenters. The van der Waals surface area contributed by atoms with Gasteiger partial charge in [0.2, 0.25) is 0 Å². The second-order valence-electron chi connectivity index (χ2n) is 9.30. The molecule has 9 heteroatoms. The van der Waals surface area contributed by atoms with E-state index in [1.807, 2.05) is 19.2 Å². The first-order valence-corrected chi connectivity index (χ1v) is 12.8. The molecule has 0 N–H and O–H groups in total. The Bertz CT molecular complexity index is 1120. The third-order valence-corrected chi connectivity index (χ3v) is 8.89. The summed E-state index contributed by atoms with van der Waals surface area (Å²) in [4.78, 5) is 28.4. The van der Waals surface area contributed by atoms with E-state index < -0.39 is 17.2 Å². The number of esters is 2. The zero-order valence-electron chi connectivity index (χ0n) is 20.9. The molecule has 0 spiro atoms. The lowest BCUT2D eigenvalue weighted by molar-refractivity contribution is -0.296. The highest BCUT2D eigenvalue weighted by Crippen LogP contribution is 2.56. The van der Waals surface area contributed by atoms with E-state index in [2.05, 4.69) is 50.8 Å². The summed E-state index contributed by atoms with van der Waals surface area (Å²) >= 11 is 2.34. The van der Waals surface area contributed by atoms with Gasteiger partial charge < -0.3 is 23.5 Å². The van der Waals surface area contributed by atoms with Gasteiger partial charge in [-0.1, -0.05) is 24.8 Å². The molecule has 2 aliphatic heterocycles. The number of para-hydroxylation sites is 1. The molecule has 3 fully saturated rings. The van der Waals surface area contributed by atoms with Gasteiger partial charge in [0.15, 0.2) is 5.79 Å². The Morgan fingerprint density at radius 3 is 2.43 bits per heavy atom. The van der Waals surface area contributed by atoms with Gasteiger partial charge in [-0.15, -0.1) is 0 Å². The molecule has 1 saturated carbocycles. The number of hydrogen-bond acceptors (Lipinski definition) is 7. The number of fused-ring (bicyclic) bond motifs is 4. The maximum Gasteiger partial charge on any atom is 0.334 e. The fraction of sp³-hybridized carbons (Fsp3) is 0.538. The number of carbonyl (C=O) groups excluding carboxylic acids is 2. The van der Waals surface area contributed by atoms with Gasteiger partial charge in [0.05, 0.1) is 19.4 Å². The lowest BCUT2D eigenvalue weighted by Crippen LogP contribution is -2.72. The molecule has 190 valence electrons. The average molecular weight is 596 g/mol. The maximum atomic E-state index is 13.9. The van der Waals surface area contributed by atoms with E-state index in [4.69, 9.17) is 18.9 Å². The average Bonchev–Trinajstić information content (AvgIpc) is 3.13. The molecule has 3 heterocycles. The smallest absolute Gasteiger partial charge is 0.334 e. The molecule has 1 aromatic heterocycles. The van der Waals surface area contributed by atoms with E-state index in [0.29, 0.717) is 25.0 Å². The predicted molar refractivity (Wildman–Crippen MR) is 140 cm³/mol. The van der Waals surface area contributed by atoms with Gasteiger partial charge in [0.25, 0.3) is 0 Å². The zero-order chi connectivity index (χ0) is 25.5. The molecule has 35 heavy (non-hydrogen) atoms. The Balaban J connectivity index is 1.90. The van der Waals surface area contributed by atoms with Crippen molar-refractivity contribution in [1.82, 2.24) is 9.47 Å². The van der Waals surface area contributed by atoms with Crippen LogP contribution in [0.15, 0.2) is 36.4 Å². The van der Waals surface area contributed by atoms with Crippen LogP contribution >= 0.6 is 22.6 Å². The highest BCUT2D eigenvalue weighted by atomic mass is 127. The Kier molecular flexibility index (Phi) is 7.34. The standard InChI is InChI=1S/C26H33IN2O6/c1-7-35-23(30)16(2)14-29-15-17-12-25(24(31)32-4,20(29)13-26(17,33-5)34-6)22-21(27)18-10-8-9-11-19(18)28(22)3/h8-11,17,20H,2,7,12-15H2,1,3-6H3/t17-,20+,25+/m0/s1. The molecule has 5 rings (SSSR count). The van der Waals surface area contributed by atoms with Crippen molar-refractivity contribution in [3.8, 4) is 0 Å². The first kappa shape index (κ1) is 26.1. The van der Waals surface area contributed by atoms with Crippen molar-refractivity contribution in [3.63, 3.8) is 0 Å². The van der Waals surface area contributed by atoms with Crippen LogP contribution in [0.2, 0.25) is 0 Å². The minimum atomic E-state index is -0.989. The van der Waals surface area contributed by atoms with Crippen molar-refractivity contribution in [1.29, 1.82) is 0 Å². The van der Waals surface area contributed by atoms with E-state index in [1.165, 1.54) is 7.11 Å². The topological polar surface area (TPSA) is 79.2 Å². The van der Waals surface area contributed by atoms with Gasteiger partial charge >= 0.3 is 11.9 Å². The molecule has 3 aliphatic rings. The summed E-state index contributed by atoms with van der Waals surface area (Å²) in [6, 6.07) is 7.77. The number of ether oxygens (including phenoxy) is 4. The molecule has 1 aromatic carbocycles. The van der Waals surface area contributed by atoms with Crippen molar-refractivity contribution in [2.75, 3.05) is 41.0 Å². The van der Waals surface area contributed by atoms with Gasteiger partial charge in [0.1, 0.15) is 5.41 Å². The Labute approximate surface area is 219 Å². The largest absolute Gasteiger partial charge is 0.468 e. The molecular formula is C26H33IN2O6. The fourth-order valence-electron chi connectivity index (χ4n) is 6.24. The van der Waals surface area contributed by atoms with E-state index in [-0.39, 0.29) is 31.1 Å². The summed E-state index contributed by atoms with van der Waals surface area (Å²) in [6.07, 6.45) is 0.933. The van der Waals surface area contributed by atoms with Crippen LogP contribution < -0.4 is 0 Å². The van der Waals surface area contributed by atoms with E-state index >= 15 is 0 Å². The molecule has 2 bridgehead atoms. The summed E-state index contributed by atoms with van der Waals surface area (Å²) in [6.45, 7) is 6.90. The van der Waals surface area contributed by atoms with Crippen molar-refractivity contribution in [3.05, 3.63) is 45.7 Å². The monoisotopic (exact) mass is 596 g/mol. The van der Waals surface area contributed by atoms with Crippen LogP contribution in [0.25, 0.3) is 10.9 Å². The number of piperidine rings is 2. The number of rotatable bonds is 8. The minimum absolute atomic E-state index is 0.148. The second kappa shape index (κ2) is 9.84. The Morgan fingerprint density at radius 1 is 1.17 bits per heavy atom. The summed E-state index contributed by atoms with van der Waals surface area (Å²) in [5.74, 6) is -1.71. The van der Waals surface area contributed by atoms with E-state index in [9.17, 15) is 9.59 Å². The number of hydrogen-bond donors (Lipinski definition) is 0. The number of aryl methyl sites for hydroxylation is 1. The zero-order valence-corrected chi connectivity index (χ0v) is 23.1. The van der Waals surface area contributed by atoms with Gasteiger partial charge in [0, 0.05) is 72.8 Å². The highest BCUT2D eigenvalue weighted by molar-refractivity contribution is 14.1. The van der Waals surface area contributed by atoms with Crippen LogP contribution in [0.1, 0.15) is 25.5 Å². The number of nitrogens with zero attached hydrogens (tertiary/aromatic N) is 2. The lowest BCUT2D eigenvalue weighted by atomic mass is 9.58. The summed E-state index contributed by atoms with van der Waals surface area (Å²) < 4.78 is 25.7. The van der Waals surface area contributed by atoms with Crippen molar-refractivity contribution < 1.29 is 28.5 Å². The van der Waals surface area contributed by atoms with Gasteiger partial charge in [-0.3, -0.25) is 9.69 Å². The molecular weight excluding hydrogens is 563 g/mol. The SMILES string of the molecule is C=C(CN1C[C@@H]2C[C@](C(=O)OC)(c3c(I)c4ccccc4n3C)[C@H]1CC2(OC)OC)C(=O)OCC. The maximum absolute atomic E-state index is 13.9. The number of benzene rings is 1. The van der Waals surface area contributed by atoms with Crippen molar-refractivity contribution >= 4 is 45.4 Å². The number of methoxy groups -OCH3 is 3. The van der Waals surface area contributed by atoms with Crippen LogP contribution in [-0.2, 0) is 41.0 Å². The van der Waals surface area contributed by atoms with Crippen LogP contribution in [0.3, 0.4) is 0 Å². The quantitative estimate of drug-likeness (QED) is 0.200. The number of carbonyl (C=O) groups is 2. The third kappa shape index (κ3) is 3.91. The summed E-state index contributed by atoms with van der Waals surface area (Å²) in [5, 5.41) is 1.09. The first-order valence-electron chi connectivity index (χ1n) is 11.7. The molecule has 0 radical (unpaired) electrons. The second-order valence-corrected chi connectivity index (χ2v) is 10.4. The minimum Gasteiger partial charge on any atom is -0.468 e. The molecule has 2 saturated heterocycles. The normalized spacial score (nSPS) is 25.5. The number of halogens is 1. The molecule has 1 aliphatic carbocycles. The third-order valence-electron chi connectivity index (χ3n) is 7.80. The lowest BCUT2D eigenvalue weighted by Gasteiger charge is -2.61. The van der Waals surface area contributed by atoms with Crippen LogP contribution in [0, 0.1) is 9.49 Å². The van der Waals surface area contributed by atoms with E-state index in [0.717, 1.165) is 20.2 Å². The van der Waals surface area contributed by atoms with Crippen LogP contribution in [0.5, 0.6) is 0 Å². The Morgan fingerprint density at radius 2 is 1.86 bits per heavy atom. The molecule has 3 atom stereocenters. The predicted octanol–water partition coefficient (Wildman–Crippen LogP) is 3.40. The van der Waals surface area contributed by atoms with E-state index in [1.54, 1.807) is 21.1 Å².